The van der Waals surface area contributed by atoms with Crippen molar-refractivity contribution < 1.29 is 23.8 Å². The Kier molecular flexibility index (Phi) is 5.64. The molecule has 1 aromatic carbocycles. The van der Waals surface area contributed by atoms with Crippen molar-refractivity contribution in [3.63, 3.8) is 0 Å². The summed E-state index contributed by atoms with van der Waals surface area (Å²) in [6, 6.07) is 10.4. The van der Waals surface area contributed by atoms with Gasteiger partial charge in [0, 0.05) is 24.6 Å². The highest BCUT2D eigenvalue weighted by Crippen LogP contribution is 2.31. The smallest absolute Gasteiger partial charge is 0.305 e. The Hall–Kier alpha value is -3.75. The molecule has 9 heteroatoms. The van der Waals surface area contributed by atoms with Gasteiger partial charge in [0.15, 0.2) is 0 Å². The highest BCUT2D eigenvalue weighted by atomic mass is 16.5. The van der Waals surface area contributed by atoms with Gasteiger partial charge in [-0.3, -0.25) is 9.59 Å². The van der Waals surface area contributed by atoms with Crippen molar-refractivity contribution in [2.45, 2.75) is 13.3 Å². The van der Waals surface area contributed by atoms with Crippen molar-refractivity contribution in [2.75, 3.05) is 13.7 Å². The number of hydrogen-bond acceptors (Lipinski definition) is 7. The predicted molar refractivity (Wildman–Crippen MR) is 98.8 cm³/mol. The van der Waals surface area contributed by atoms with Gasteiger partial charge in [-0.15, -0.1) is 10.2 Å². The Labute approximate surface area is 160 Å². The molecule has 0 saturated carbocycles. The van der Waals surface area contributed by atoms with Crippen molar-refractivity contribution >= 4 is 11.9 Å². The zero-order chi connectivity index (χ0) is 20.1. The van der Waals surface area contributed by atoms with Gasteiger partial charge in [-0.25, -0.2) is 4.98 Å². The molecule has 2 N–H and O–H groups in total. The minimum Gasteiger partial charge on any atom is -0.494 e. The summed E-state index contributed by atoms with van der Waals surface area (Å²) >= 11 is 0. The fourth-order valence-corrected chi connectivity index (χ4v) is 2.53. The number of carboxylic acid groups (broad SMARTS) is 1. The van der Waals surface area contributed by atoms with Crippen LogP contribution in [0.4, 0.5) is 0 Å². The maximum Gasteiger partial charge on any atom is 0.305 e. The molecule has 28 heavy (non-hydrogen) atoms. The van der Waals surface area contributed by atoms with Crippen LogP contribution in [0.3, 0.4) is 0 Å². The summed E-state index contributed by atoms with van der Waals surface area (Å²) in [4.78, 5) is 27.2. The molecule has 0 saturated heterocycles. The summed E-state index contributed by atoms with van der Waals surface area (Å²) in [7, 11) is 1.51. The van der Waals surface area contributed by atoms with E-state index < -0.39 is 11.9 Å². The maximum atomic E-state index is 12.3. The monoisotopic (exact) mass is 382 g/mol. The number of amides is 1. The van der Waals surface area contributed by atoms with Gasteiger partial charge >= 0.3 is 5.97 Å². The number of benzene rings is 1. The second-order valence-corrected chi connectivity index (χ2v) is 5.85. The molecule has 0 spiro atoms. The topological polar surface area (TPSA) is 127 Å². The first-order chi connectivity index (χ1) is 13.5. The summed E-state index contributed by atoms with van der Waals surface area (Å²) in [6.45, 7) is 1.72. The van der Waals surface area contributed by atoms with E-state index in [2.05, 4.69) is 20.5 Å². The van der Waals surface area contributed by atoms with Gasteiger partial charge < -0.3 is 19.6 Å². The minimum atomic E-state index is -0.989. The molecule has 144 valence electrons. The first-order valence-corrected chi connectivity index (χ1v) is 8.44. The minimum absolute atomic E-state index is 0.0171. The number of aromatic nitrogens is 3. The number of pyridine rings is 1. The van der Waals surface area contributed by atoms with Crippen LogP contribution in [0.15, 0.2) is 40.8 Å². The second-order valence-electron chi connectivity index (χ2n) is 5.85. The molecule has 9 nitrogen and oxygen atoms in total. The van der Waals surface area contributed by atoms with Gasteiger partial charge in [0.05, 0.1) is 13.5 Å². The van der Waals surface area contributed by atoms with E-state index in [1.807, 2.05) is 24.3 Å². The number of hydrogen-bond donors (Lipinski definition) is 2. The largest absolute Gasteiger partial charge is 0.494 e. The van der Waals surface area contributed by atoms with Crippen LogP contribution in [0.25, 0.3) is 22.7 Å². The number of methoxy groups -OCH3 is 1. The first kappa shape index (κ1) is 19.0. The summed E-state index contributed by atoms with van der Waals surface area (Å²) < 4.78 is 10.8. The zero-order valence-corrected chi connectivity index (χ0v) is 15.3. The van der Waals surface area contributed by atoms with Crippen molar-refractivity contribution in [3.05, 3.63) is 48.0 Å². The summed E-state index contributed by atoms with van der Waals surface area (Å²) in [6.07, 6.45) is -0.166. The lowest BCUT2D eigenvalue weighted by Crippen LogP contribution is -2.26. The molecule has 0 atom stereocenters. The van der Waals surface area contributed by atoms with Crippen LogP contribution in [0, 0.1) is 6.92 Å². The number of rotatable bonds is 7. The van der Waals surface area contributed by atoms with E-state index in [1.54, 1.807) is 13.0 Å². The maximum absolute atomic E-state index is 12.3. The summed E-state index contributed by atoms with van der Waals surface area (Å²) in [5, 5.41) is 19.0. The van der Waals surface area contributed by atoms with Crippen molar-refractivity contribution in [1.82, 2.24) is 20.5 Å². The Morgan fingerprint density at radius 2 is 1.96 bits per heavy atom. The molecule has 2 aromatic heterocycles. The number of ether oxygens (including phenoxy) is 1. The Balaban J connectivity index is 1.92. The molecule has 0 aliphatic rings. The first-order valence-electron chi connectivity index (χ1n) is 8.44. The Morgan fingerprint density at radius 1 is 1.18 bits per heavy atom. The fourth-order valence-electron chi connectivity index (χ4n) is 2.53. The van der Waals surface area contributed by atoms with Crippen LogP contribution < -0.4 is 10.1 Å². The van der Waals surface area contributed by atoms with Crippen molar-refractivity contribution in [2.24, 2.45) is 0 Å². The highest BCUT2D eigenvalue weighted by Gasteiger charge is 2.15. The number of carbonyl (C=O) groups is 2. The molecule has 0 unspecified atom stereocenters. The van der Waals surface area contributed by atoms with Crippen molar-refractivity contribution in [1.29, 1.82) is 0 Å². The molecule has 1 amide bonds. The Morgan fingerprint density at radius 3 is 2.64 bits per heavy atom. The number of aliphatic carboxylic acids is 1. The molecular formula is C19H18N4O5. The SMILES string of the molecule is COc1ccc(C(=O)NCCC(=O)O)nc1-c1cccc(-c2nnc(C)o2)c1. The second kappa shape index (κ2) is 8.30. The van der Waals surface area contributed by atoms with E-state index in [4.69, 9.17) is 14.3 Å². The molecule has 3 aromatic rings. The van der Waals surface area contributed by atoms with Crippen LogP contribution in [-0.2, 0) is 4.79 Å². The molecule has 3 rings (SSSR count). The standard InChI is InChI=1S/C19H18N4O5/c1-11-22-23-19(28-11)13-5-3-4-12(10-13)17-15(27-2)7-6-14(21-17)18(26)20-9-8-16(24)25/h3-7,10H,8-9H2,1-2H3,(H,20,26)(H,24,25). The van der Waals surface area contributed by atoms with E-state index in [0.717, 1.165) is 0 Å². The third-order valence-corrected chi connectivity index (χ3v) is 3.84. The summed E-state index contributed by atoms with van der Waals surface area (Å²) in [5.41, 5.74) is 2.02. The molecular weight excluding hydrogens is 364 g/mol. The van der Waals surface area contributed by atoms with E-state index >= 15 is 0 Å². The molecule has 2 heterocycles. The number of carboxylic acids is 1. The van der Waals surface area contributed by atoms with Crippen LogP contribution >= 0.6 is 0 Å². The van der Waals surface area contributed by atoms with E-state index in [0.29, 0.717) is 34.4 Å². The average Bonchev–Trinajstić information content (AvgIpc) is 3.13. The van der Waals surface area contributed by atoms with Gasteiger partial charge in [0.25, 0.3) is 5.91 Å². The number of nitrogens with zero attached hydrogens (tertiary/aromatic N) is 3. The van der Waals surface area contributed by atoms with E-state index in [1.165, 1.54) is 13.2 Å². The van der Waals surface area contributed by atoms with E-state index in [9.17, 15) is 9.59 Å². The fraction of sp³-hybridized carbons (Fsp3) is 0.211. The lowest BCUT2D eigenvalue weighted by atomic mass is 10.1. The molecule has 0 fully saturated rings. The van der Waals surface area contributed by atoms with Gasteiger partial charge in [-0.1, -0.05) is 12.1 Å². The zero-order valence-electron chi connectivity index (χ0n) is 15.3. The lowest BCUT2D eigenvalue weighted by Gasteiger charge is -2.11. The van der Waals surface area contributed by atoms with Crippen LogP contribution in [0.2, 0.25) is 0 Å². The van der Waals surface area contributed by atoms with Crippen LogP contribution in [0.1, 0.15) is 22.8 Å². The molecule has 0 bridgehead atoms. The number of nitrogens with one attached hydrogen (secondary N) is 1. The van der Waals surface area contributed by atoms with Gasteiger partial charge in [-0.05, 0) is 24.3 Å². The molecule has 0 radical (unpaired) electrons. The highest BCUT2D eigenvalue weighted by molar-refractivity contribution is 5.93. The van der Waals surface area contributed by atoms with Crippen LogP contribution in [-0.4, -0.2) is 45.8 Å². The van der Waals surface area contributed by atoms with Crippen molar-refractivity contribution in [3.8, 4) is 28.5 Å². The number of carbonyl (C=O) groups excluding carboxylic acids is 1. The lowest BCUT2D eigenvalue weighted by molar-refractivity contribution is -0.136. The average molecular weight is 382 g/mol. The normalized spacial score (nSPS) is 10.5. The van der Waals surface area contributed by atoms with E-state index in [-0.39, 0.29) is 18.7 Å². The van der Waals surface area contributed by atoms with Crippen LogP contribution in [0.5, 0.6) is 5.75 Å². The summed E-state index contributed by atoms with van der Waals surface area (Å²) in [5.74, 6) is -0.136. The van der Waals surface area contributed by atoms with Gasteiger partial charge in [0.1, 0.15) is 17.1 Å². The third-order valence-electron chi connectivity index (χ3n) is 3.84. The Bertz CT molecular complexity index is 1020. The predicted octanol–water partition coefficient (Wildman–Crippen LogP) is 2.32. The van der Waals surface area contributed by atoms with Gasteiger partial charge in [-0.2, -0.15) is 0 Å². The molecule has 0 aliphatic heterocycles. The quantitative estimate of drug-likeness (QED) is 0.637. The number of aryl methyl sites for hydroxylation is 1. The molecule has 0 aliphatic carbocycles. The van der Waals surface area contributed by atoms with Gasteiger partial charge in [0.2, 0.25) is 11.8 Å². The third kappa shape index (κ3) is 4.32.